The minimum absolute atomic E-state index is 0.296. The number of hydrogen-bond donors (Lipinski definition) is 0. The van der Waals surface area contributed by atoms with Crippen molar-refractivity contribution in [3.05, 3.63) is 11.8 Å². The Bertz CT molecular complexity index is 372. The highest BCUT2D eigenvalue weighted by atomic mass is 16.7. The molecule has 0 radical (unpaired) electrons. The predicted molar refractivity (Wildman–Crippen MR) is 69.9 cm³/mol. The fourth-order valence-corrected chi connectivity index (χ4v) is 1.95. The summed E-state index contributed by atoms with van der Waals surface area (Å²) >= 11 is 0. The van der Waals surface area contributed by atoms with E-state index in [1.54, 1.807) is 0 Å². The van der Waals surface area contributed by atoms with Crippen LogP contribution in [0.3, 0.4) is 0 Å². The third-order valence-electron chi connectivity index (χ3n) is 3.82. The fraction of sp³-hybridized carbons (Fsp3) is 0.750. The molecule has 17 heavy (non-hydrogen) atoms. The van der Waals surface area contributed by atoms with Crippen LogP contribution < -0.4 is 0 Å². The summed E-state index contributed by atoms with van der Waals surface area (Å²) in [5.41, 5.74) is 1.51. The lowest BCUT2D eigenvalue weighted by molar-refractivity contribution is 0.00578. The molecule has 0 aromatic heterocycles. The summed E-state index contributed by atoms with van der Waals surface area (Å²) in [7, 11) is 1.72. The van der Waals surface area contributed by atoms with Crippen LogP contribution in [0.4, 0.5) is 0 Å². The van der Waals surface area contributed by atoms with E-state index in [1.807, 2.05) is 20.2 Å². The molecule has 0 atom stereocenters. The third kappa shape index (κ3) is 2.14. The molecule has 0 bridgehead atoms. The zero-order valence-electron chi connectivity index (χ0n) is 11.6. The highest BCUT2D eigenvalue weighted by molar-refractivity contribution is 6.54. The Balaban J connectivity index is 2.22. The lowest BCUT2D eigenvalue weighted by Crippen LogP contribution is -2.41. The first-order chi connectivity index (χ1) is 7.73. The van der Waals surface area contributed by atoms with Gasteiger partial charge in [0.05, 0.1) is 23.3 Å². The van der Waals surface area contributed by atoms with Crippen LogP contribution in [0.5, 0.6) is 0 Å². The second-order valence-corrected chi connectivity index (χ2v) is 5.86. The Kier molecular flexibility index (Phi) is 2.87. The van der Waals surface area contributed by atoms with E-state index < -0.39 is 0 Å². The monoisotopic (exact) mass is 236 g/mol. The van der Waals surface area contributed by atoms with Crippen molar-refractivity contribution < 1.29 is 9.31 Å². The standard InChI is InChI=1S/C12H21BN2O2/c1-9-8-15(6)10(7-14-9)13-16-11(2,3)12(4,5)17-13/h7H,8H2,1-6H3. The van der Waals surface area contributed by atoms with E-state index >= 15 is 0 Å². The van der Waals surface area contributed by atoms with E-state index in [-0.39, 0.29) is 18.3 Å². The maximum atomic E-state index is 6.01. The van der Waals surface area contributed by atoms with Crippen molar-refractivity contribution in [3.63, 3.8) is 0 Å². The molecule has 4 nitrogen and oxygen atoms in total. The fourth-order valence-electron chi connectivity index (χ4n) is 1.95. The Morgan fingerprint density at radius 2 is 1.76 bits per heavy atom. The van der Waals surface area contributed by atoms with Crippen LogP contribution in [0.2, 0.25) is 0 Å². The van der Waals surface area contributed by atoms with Gasteiger partial charge in [0.25, 0.3) is 0 Å². The molecule has 1 fully saturated rings. The van der Waals surface area contributed by atoms with Gasteiger partial charge in [0.2, 0.25) is 0 Å². The molecule has 2 heterocycles. The Labute approximate surface area is 104 Å². The molecular weight excluding hydrogens is 215 g/mol. The molecule has 2 aliphatic heterocycles. The maximum absolute atomic E-state index is 6.01. The summed E-state index contributed by atoms with van der Waals surface area (Å²) in [4.78, 5) is 6.48. The van der Waals surface area contributed by atoms with E-state index in [1.165, 1.54) is 0 Å². The summed E-state index contributed by atoms with van der Waals surface area (Å²) in [6, 6.07) is 0. The molecule has 0 spiro atoms. The second kappa shape index (κ2) is 3.85. The van der Waals surface area contributed by atoms with Gasteiger partial charge < -0.3 is 14.2 Å². The molecule has 0 aromatic rings. The van der Waals surface area contributed by atoms with Crippen LogP contribution in [0.15, 0.2) is 16.8 Å². The SMILES string of the molecule is CC1=NC=C(B2OC(C)(C)C(C)(C)O2)N(C)C1. The Hall–Kier alpha value is -0.805. The summed E-state index contributed by atoms with van der Waals surface area (Å²) in [6.07, 6.45) is 1.85. The van der Waals surface area contributed by atoms with Gasteiger partial charge in [-0.1, -0.05) is 0 Å². The number of aliphatic imine (C=N–C) groups is 1. The first kappa shape index (κ1) is 12.6. The first-order valence-corrected chi connectivity index (χ1v) is 6.03. The molecule has 1 saturated heterocycles. The molecule has 0 aromatic carbocycles. The van der Waals surface area contributed by atoms with Gasteiger partial charge >= 0.3 is 7.12 Å². The van der Waals surface area contributed by atoms with E-state index in [0.29, 0.717) is 0 Å². The highest BCUT2D eigenvalue weighted by Crippen LogP contribution is 2.39. The van der Waals surface area contributed by atoms with Crippen LogP contribution in [0, 0.1) is 0 Å². The molecule has 0 saturated carbocycles. The maximum Gasteiger partial charge on any atom is 0.513 e. The van der Waals surface area contributed by atoms with Gasteiger partial charge in [0.1, 0.15) is 0 Å². The molecule has 0 aliphatic carbocycles. The van der Waals surface area contributed by atoms with Crippen molar-refractivity contribution in [2.24, 2.45) is 4.99 Å². The van der Waals surface area contributed by atoms with Crippen molar-refractivity contribution in [2.45, 2.75) is 45.8 Å². The number of hydrogen-bond acceptors (Lipinski definition) is 4. The quantitative estimate of drug-likeness (QED) is 0.651. The molecule has 2 rings (SSSR count). The third-order valence-corrected chi connectivity index (χ3v) is 3.82. The summed E-state index contributed by atoms with van der Waals surface area (Å²) in [5.74, 6) is 0. The average molecular weight is 236 g/mol. The lowest BCUT2D eigenvalue weighted by Gasteiger charge is -2.32. The average Bonchev–Trinajstić information content (AvgIpc) is 2.35. The minimum atomic E-state index is -0.318. The van der Waals surface area contributed by atoms with Gasteiger partial charge in [0.15, 0.2) is 0 Å². The van der Waals surface area contributed by atoms with Crippen molar-refractivity contribution in [1.29, 1.82) is 0 Å². The molecule has 2 aliphatic rings. The van der Waals surface area contributed by atoms with Crippen molar-refractivity contribution >= 4 is 12.8 Å². The Morgan fingerprint density at radius 3 is 2.24 bits per heavy atom. The topological polar surface area (TPSA) is 34.1 Å². The summed E-state index contributed by atoms with van der Waals surface area (Å²) in [5, 5.41) is 0. The zero-order valence-corrected chi connectivity index (χ0v) is 11.6. The van der Waals surface area contributed by atoms with Crippen LogP contribution >= 0.6 is 0 Å². The van der Waals surface area contributed by atoms with Gasteiger partial charge in [-0.25, -0.2) is 0 Å². The van der Waals surface area contributed by atoms with Crippen molar-refractivity contribution in [2.75, 3.05) is 13.6 Å². The van der Waals surface area contributed by atoms with Gasteiger partial charge in [-0.05, 0) is 34.6 Å². The number of nitrogens with zero attached hydrogens (tertiary/aromatic N) is 2. The number of rotatable bonds is 1. The van der Waals surface area contributed by atoms with Gasteiger partial charge in [-0.15, -0.1) is 0 Å². The van der Waals surface area contributed by atoms with Crippen LogP contribution in [0.1, 0.15) is 34.6 Å². The molecule has 0 unspecified atom stereocenters. The van der Waals surface area contributed by atoms with Crippen molar-refractivity contribution in [1.82, 2.24) is 4.90 Å². The van der Waals surface area contributed by atoms with Gasteiger partial charge in [-0.2, -0.15) is 0 Å². The van der Waals surface area contributed by atoms with Crippen LogP contribution in [-0.2, 0) is 9.31 Å². The van der Waals surface area contributed by atoms with Crippen molar-refractivity contribution in [3.8, 4) is 0 Å². The Morgan fingerprint density at radius 1 is 1.24 bits per heavy atom. The summed E-state index contributed by atoms with van der Waals surface area (Å²) in [6.45, 7) is 11.1. The van der Waals surface area contributed by atoms with E-state index in [2.05, 4.69) is 37.6 Å². The molecule has 94 valence electrons. The highest BCUT2D eigenvalue weighted by Gasteiger charge is 2.53. The first-order valence-electron chi connectivity index (χ1n) is 6.03. The minimum Gasteiger partial charge on any atom is -0.398 e. The van der Waals surface area contributed by atoms with Crippen LogP contribution in [-0.4, -0.2) is 42.5 Å². The van der Waals surface area contributed by atoms with Crippen LogP contribution in [0.25, 0.3) is 0 Å². The lowest BCUT2D eigenvalue weighted by atomic mass is 9.83. The summed E-state index contributed by atoms with van der Waals surface area (Å²) < 4.78 is 12.0. The smallest absolute Gasteiger partial charge is 0.398 e. The predicted octanol–water partition coefficient (Wildman–Crippen LogP) is 1.87. The molecule has 5 heteroatoms. The normalized spacial score (nSPS) is 26.9. The molecule has 0 amide bonds. The molecule has 0 N–H and O–H groups in total. The van der Waals surface area contributed by atoms with E-state index in [0.717, 1.165) is 17.9 Å². The van der Waals surface area contributed by atoms with E-state index in [4.69, 9.17) is 9.31 Å². The zero-order chi connectivity index (χ0) is 12.8. The second-order valence-electron chi connectivity index (χ2n) is 5.86. The largest absolute Gasteiger partial charge is 0.513 e. The van der Waals surface area contributed by atoms with Gasteiger partial charge in [0, 0.05) is 19.0 Å². The molecular formula is C12H21BN2O2. The van der Waals surface area contributed by atoms with Gasteiger partial charge in [-0.3, -0.25) is 4.99 Å². The van der Waals surface area contributed by atoms with E-state index in [9.17, 15) is 0 Å².